The van der Waals surface area contributed by atoms with Gasteiger partial charge in [0.2, 0.25) is 0 Å². The average Bonchev–Trinajstić information content (AvgIpc) is 2.70. The first kappa shape index (κ1) is 20.1. The Labute approximate surface area is 170 Å². The molecule has 0 bridgehead atoms. The fraction of sp³-hybridized carbons (Fsp3) is 0.227. The van der Waals surface area contributed by atoms with E-state index in [9.17, 15) is 4.79 Å². The summed E-state index contributed by atoms with van der Waals surface area (Å²) >= 11 is 0. The second kappa shape index (κ2) is 9.54. The quantitative estimate of drug-likeness (QED) is 0.529. The molecule has 0 saturated heterocycles. The lowest BCUT2D eigenvalue weighted by molar-refractivity contribution is -0.122. The summed E-state index contributed by atoms with van der Waals surface area (Å²) in [5.41, 5.74) is 1.55. The van der Waals surface area contributed by atoms with E-state index < -0.39 is 6.10 Å². The van der Waals surface area contributed by atoms with Crippen LogP contribution in [0.4, 0.5) is 23.0 Å². The van der Waals surface area contributed by atoms with Gasteiger partial charge in [-0.2, -0.15) is 0 Å². The molecule has 7 nitrogen and oxygen atoms in total. The number of carbonyl (C=O) groups excluding carboxylic acids is 1. The van der Waals surface area contributed by atoms with Gasteiger partial charge in [0.15, 0.2) is 6.10 Å². The Balaban J connectivity index is 1.59. The molecule has 3 rings (SSSR count). The van der Waals surface area contributed by atoms with Gasteiger partial charge in [0.1, 0.15) is 23.2 Å². The Morgan fingerprint density at radius 3 is 2.34 bits per heavy atom. The molecule has 0 aliphatic rings. The Bertz CT molecular complexity index is 945. The van der Waals surface area contributed by atoms with Crippen molar-refractivity contribution < 1.29 is 9.53 Å². The molecule has 0 spiro atoms. The van der Waals surface area contributed by atoms with Gasteiger partial charge in [0.25, 0.3) is 5.91 Å². The van der Waals surface area contributed by atoms with Crippen LogP contribution in [0.2, 0.25) is 0 Å². The summed E-state index contributed by atoms with van der Waals surface area (Å²) in [6.45, 7) is 6.38. The number of carbonyl (C=O) groups is 1. The van der Waals surface area contributed by atoms with E-state index in [1.54, 1.807) is 6.92 Å². The van der Waals surface area contributed by atoms with Crippen molar-refractivity contribution >= 4 is 28.9 Å². The molecule has 0 radical (unpaired) electrons. The summed E-state index contributed by atoms with van der Waals surface area (Å²) in [4.78, 5) is 21.1. The zero-order chi connectivity index (χ0) is 20.6. The molecule has 0 saturated carbocycles. The van der Waals surface area contributed by atoms with Gasteiger partial charge < -0.3 is 20.7 Å². The first-order chi connectivity index (χ1) is 14.0. The van der Waals surface area contributed by atoms with Crippen molar-refractivity contribution in [1.29, 1.82) is 0 Å². The number of para-hydroxylation sites is 1. The lowest BCUT2D eigenvalue weighted by Gasteiger charge is -2.15. The Kier molecular flexibility index (Phi) is 6.63. The van der Waals surface area contributed by atoms with Crippen LogP contribution in [-0.4, -0.2) is 28.5 Å². The molecule has 1 atom stereocenters. The van der Waals surface area contributed by atoms with Gasteiger partial charge in [-0.3, -0.25) is 4.79 Å². The maximum Gasteiger partial charge on any atom is 0.265 e. The number of aryl methyl sites for hydroxylation is 1. The monoisotopic (exact) mass is 391 g/mol. The molecule has 2 aromatic carbocycles. The average molecular weight is 391 g/mol. The summed E-state index contributed by atoms with van der Waals surface area (Å²) in [5.74, 6) is 2.61. The molecule has 1 amide bonds. The number of nitrogens with one attached hydrogen (secondary N) is 3. The van der Waals surface area contributed by atoms with Gasteiger partial charge in [-0.05, 0) is 57.2 Å². The van der Waals surface area contributed by atoms with E-state index in [-0.39, 0.29) is 5.91 Å². The van der Waals surface area contributed by atoms with Crippen LogP contribution in [-0.2, 0) is 4.79 Å². The van der Waals surface area contributed by atoms with E-state index >= 15 is 0 Å². The van der Waals surface area contributed by atoms with Gasteiger partial charge in [0.05, 0.1) is 0 Å². The molecular weight excluding hydrogens is 366 g/mol. The third kappa shape index (κ3) is 5.93. The molecule has 0 aliphatic heterocycles. The molecular formula is C22H25N5O2. The van der Waals surface area contributed by atoms with E-state index in [1.807, 2.05) is 74.5 Å². The normalized spacial score (nSPS) is 11.4. The van der Waals surface area contributed by atoms with E-state index in [0.29, 0.717) is 23.1 Å². The van der Waals surface area contributed by atoms with Crippen molar-refractivity contribution in [2.24, 2.45) is 0 Å². The summed E-state index contributed by atoms with van der Waals surface area (Å²) in [5, 5.41) is 9.29. The number of benzene rings is 2. The fourth-order valence-corrected chi connectivity index (χ4v) is 2.69. The number of hydrogen-bond acceptors (Lipinski definition) is 6. The van der Waals surface area contributed by atoms with Crippen LogP contribution < -0.4 is 20.7 Å². The Hall–Kier alpha value is -3.61. The Morgan fingerprint density at radius 2 is 1.66 bits per heavy atom. The molecule has 29 heavy (non-hydrogen) atoms. The topological polar surface area (TPSA) is 88.2 Å². The highest BCUT2D eigenvalue weighted by molar-refractivity contribution is 5.94. The summed E-state index contributed by atoms with van der Waals surface area (Å²) in [7, 11) is 0. The fourth-order valence-electron chi connectivity index (χ4n) is 2.69. The minimum Gasteiger partial charge on any atom is -0.481 e. The highest BCUT2D eigenvalue weighted by atomic mass is 16.5. The molecule has 0 aliphatic carbocycles. The number of aromatic nitrogens is 2. The largest absolute Gasteiger partial charge is 0.481 e. The maximum absolute atomic E-state index is 12.4. The van der Waals surface area contributed by atoms with E-state index in [4.69, 9.17) is 4.74 Å². The standard InChI is InChI=1S/C22H25N5O2/c1-4-23-20-14-21(25-16(3)24-20)26-17-10-12-18(13-11-17)27-22(28)15(2)29-19-8-6-5-7-9-19/h5-15H,4H2,1-3H3,(H,27,28)(H2,23,24,25,26). The molecule has 1 heterocycles. The number of nitrogens with zero attached hydrogens (tertiary/aromatic N) is 2. The lowest BCUT2D eigenvalue weighted by Crippen LogP contribution is -2.30. The molecule has 1 aromatic heterocycles. The molecule has 1 unspecified atom stereocenters. The Morgan fingerprint density at radius 1 is 1.00 bits per heavy atom. The molecule has 3 aromatic rings. The lowest BCUT2D eigenvalue weighted by atomic mass is 10.2. The van der Waals surface area contributed by atoms with Crippen molar-refractivity contribution in [3.05, 3.63) is 66.5 Å². The zero-order valence-electron chi connectivity index (χ0n) is 16.8. The summed E-state index contributed by atoms with van der Waals surface area (Å²) in [6, 6.07) is 18.5. The molecule has 3 N–H and O–H groups in total. The zero-order valence-corrected chi connectivity index (χ0v) is 16.8. The molecule has 150 valence electrons. The number of hydrogen-bond donors (Lipinski definition) is 3. The van der Waals surface area contributed by atoms with Crippen LogP contribution in [0.25, 0.3) is 0 Å². The van der Waals surface area contributed by atoms with Gasteiger partial charge >= 0.3 is 0 Å². The van der Waals surface area contributed by atoms with Gasteiger partial charge in [-0.25, -0.2) is 9.97 Å². The van der Waals surface area contributed by atoms with Crippen LogP contribution in [0.3, 0.4) is 0 Å². The van der Waals surface area contributed by atoms with Gasteiger partial charge in [-0.1, -0.05) is 18.2 Å². The number of anilines is 4. The van der Waals surface area contributed by atoms with Crippen LogP contribution in [0.1, 0.15) is 19.7 Å². The van der Waals surface area contributed by atoms with Crippen molar-refractivity contribution in [2.75, 3.05) is 22.5 Å². The van der Waals surface area contributed by atoms with Crippen LogP contribution in [0, 0.1) is 6.92 Å². The predicted molar refractivity (Wildman–Crippen MR) is 116 cm³/mol. The van der Waals surface area contributed by atoms with Gasteiger partial charge in [-0.15, -0.1) is 0 Å². The number of amides is 1. The minimum atomic E-state index is -0.608. The van der Waals surface area contributed by atoms with E-state index in [1.165, 1.54) is 0 Å². The van der Waals surface area contributed by atoms with Crippen molar-refractivity contribution in [3.8, 4) is 5.75 Å². The van der Waals surface area contributed by atoms with Crippen molar-refractivity contribution in [2.45, 2.75) is 26.9 Å². The third-order valence-electron chi connectivity index (χ3n) is 4.05. The highest BCUT2D eigenvalue weighted by Crippen LogP contribution is 2.20. The van der Waals surface area contributed by atoms with Crippen LogP contribution in [0.5, 0.6) is 5.75 Å². The van der Waals surface area contributed by atoms with Gasteiger partial charge in [0, 0.05) is 24.0 Å². The van der Waals surface area contributed by atoms with Crippen LogP contribution in [0.15, 0.2) is 60.7 Å². The van der Waals surface area contributed by atoms with E-state index in [0.717, 1.165) is 18.1 Å². The second-order valence-corrected chi connectivity index (χ2v) is 6.48. The van der Waals surface area contributed by atoms with Crippen molar-refractivity contribution in [3.63, 3.8) is 0 Å². The van der Waals surface area contributed by atoms with Crippen molar-refractivity contribution in [1.82, 2.24) is 9.97 Å². The highest BCUT2D eigenvalue weighted by Gasteiger charge is 2.14. The maximum atomic E-state index is 12.4. The third-order valence-corrected chi connectivity index (χ3v) is 4.05. The number of ether oxygens (including phenoxy) is 1. The smallest absolute Gasteiger partial charge is 0.265 e. The number of rotatable bonds is 8. The van der Waals surface area contributed by atoms with E-state index in [2.05, 4.69) is 25.9 Å². The first-order valence-corrected chi connectivity index (χ1v) is 9.52. The first-order valence-electron chi connectivity index (χ1n) is 9.52. The summed E-state index contributed by atoms with van der Waals surface area (Å²) in [6.07, 6.45) is -0.608. The van der Waals surface area contributed by atoms with Crippen LogP contribution >= 0.6 is 0 Å². The SMILES string of the molecule is CCNc1cc(Nc2ccc(NC(=O)C(C)Oc3ccccc3)cc2)nc(C)n1. The second-order valence-electron chi connectivity index (χ2n) is 6.48. The summed E-state index contributed by atoms with van der Waals surface area (Å²) < 4.78 is 5.65. The molecule has 7 heteroatoms. The molecule has 0 fully saturated rings. The predicted octanol–water partition coefficient (Wildman–Crippen LogP) is 4.37. The minimum absolute atomic E-state index is 0.212.